The van der Waals surface area contributed by atoms with E-state index < -0.39 is 17.1 Å². The second-order valence-corrected chi connectivity index (χ2v) is 5.61. The van der Waals surface area contributed by atoms with Gasteiger partial charge < -0.3 is 0 Å². The fourth-order valence-electron chi connectivity index (χ4n) is 2.24. The van der Waals surface area contributed by atoms with Crippen LogP contribution in [-0.2, 0) is 13.1 Å². The first-order valence-electron chi connectivity index (χ1n) is 7.13. The number of hydrogen-bond acceptors (Lipinski definition) is 3. The highest BCUT2D eigenvalue weighted by Crippen LogP contribution is 2.01. The number of hydrogen-bond donors (Lipinski definition) is 0. The Morgan fingerprint density at radius 2 is 1.26 bits per heavy atom. The largest absolute Gasteiger partial charge is 0.341 e. The van der Waals surface area contributed by atoms with Gasteiger partial charge >= 0.3 is 17.1 Å². The Labute approximate surface area is 133 Å². The minimum absolute atomic E-state index is 0.0565. The summed E-state index contributed by atoms with van der Waals surface area (Å²) in [4.78, 5) is 37.8. The van der Waals surface area contributed by atoms with Gasteiger partial charge in [-0.25, -0.2) is 28.1 Å². The lowest BCUT2D eigenvalue weighted by Crippen LogP contribution is -2.54. The van der Waals surface area contributed by atoms with Gasteiger partial charge in [0.1, 0.15) is 0 Å². The van der Waals surface area contributed by atoms with Crippen molar-refractivity contribution in [2.24, 2.45) is 0 Å². The molecule has 120 valence electrons. The van der Waals surface area contributed by atoms with Crippen molar-refractivity contribution in [1.82, 2.24) is 13.7 Å². The molecule has 0 aliphatic carbocycles. The summed E-state index contributed by atoms with van der Waals surface area (Å²) in [5, 5.41) is 0. The van der Waals surface area contributed by atoms with Crippen molar-refractivity contribution in [3.63, 3.8) is 0 Å². The van der Waals surface area contributed by atoms with Crippen molar-refractivity contribution < 1.29 is 0 Å². The van der Waals surface area contributed by atoms with Gasteiger partial charge in [0, 0.05) is 0 Å². The van der Waals surface area contributed by atoms with Gasteiger partial charge in [-0.3, -0.25) is 0 Å². The lowest BCUT2D eigenvalue weighted by molar-refractivity contribution is 0.527. The van der Waals surface area contributed by atoms with Gasteiger partial charge in [-0.15, -0.1) is 0 Å². The van der Waals surface area contributed by atoms with Crippen LogP contribution in [0.4, 0.5) is 0 Å². The molecule has 0 spiro atoms. The zero-order chi connectivity index (χ0) is 17.1. The second kappa shape index (κ2) is 6.48. The van der Waals surface area contributed by atoms with E-state index in [2.05, 4.69) is 13.2 Å². The molecular weight excluding hydrogens is 294 g/mol. The zero-order valence-corrected chi connectivity index (χ0v) is 13.3. The molecular formula is C17H19N3O3. The summed E-state index contributed by atoms with van der Waals surface area (Å²) >= 11 is 0. The monoisotopic (exact) mass is 313 g/mol. The normalized spacial score (nSPS) is 10.5. The molecule has 0 unspecified atom stereocenters. The Balaban J connectivity index is 2.89. The Bertz CT molecular complexity index is 876. The summed E-state index contributed by atoms with van der Waals surface area (Å²) in [5.74, 6) is 0. The van der Waals surface area contributed by atoms with E-state index in [1.54, 1.807) is 44.2 Å². The number of rotatable bonds is 5. The third kappa shape index (κ3) is 3.31. The molecule has 0 saturated heterocycles. The van der Waals surface area contributed by atoms with Crippen molar-refractivity contribution in [2.75, 3.05) is 0 Å². The van der Waals surface area contributed by atoms with Crippen LogP contribution >= 0.6 is 0 Å². The Kier molecular flexibility index (Phi) is 4.64. The molecule has 2 rings (SSSR count). The minimum Gasteiger partial charge on any atom is -0.247 e. The summed E-state index contributed by atoms with van der Waals surface area (Å²) in [7, 11) is 0. The third-order valence-electron chi connectivity index (χ3n) is 3.18. The fourth-order valence-corrected chi connectivity index (χ4v) is 2.24. The van der Waals surface area contributed by atoms with E-state index in [0.717, 1.165) is 13.7 Å². The third-order valence-corrected chi connectivity index (χ3v) is 3.18. The predicted molar refractivity (Wildman–Crippen MR) is 90.2 cm³/mol. The van der Waals surface area contributed by atoms with Crippen molar-refractivity contribution >= 4 is 0 Å². The number of allylic oxidation sites excluding steroid dienone is 2. The molecule has 2 aromatic rings. The number of para-hydroxylation sites is 1. The second-order valence-electron chi connectivity index (χ2n) is 5.61. The predicted octanol–water partition coefficient (Wildman–Crippen LogP) is 1.31. The molecule has 0 aliphatic rings. The highest BCUT2D eigenvalue weighted by molar-refractivity contribution is 5.30. The molecule has 0 saturated carbocycles. The van der Waals surface area contributed by atoms with Crippen LogP contribution in [0.3, 0.4) is 0 Å². The average molecular weight is 313 g/mol. The Hall–Kier alpha value is -2.89. The standard InChI is InChI=1S/C17H19N3O3/c1-12(2)10-18-15(21)19(11-13(3)4)17(23)20(16(18)22)14-8-6-5-7-9-14/h5-9H,1,3,10-11H2,2,4H3. The van der Waals surface area contributed by atoms with Gasteiger partial charge in [0.25, 0.3) is 0 Å². The van der Waals surface area contributed by atoms with E-state index in [0.29, 0.717) is 16.8 Å². The van der Waals surface area contributed by atoms with Crippen LogP contribution < -0.4 is 17.1 Å². The van der Waals surface area contributed by atoms with Crippen LogP contribution in [0.25, 0.3) is 5.69 Å². The van der Waals surface area contributed by atoms with Gasteiger partial charge in [-0.2, -0.15) is 0 Å². The number of benzene rings is 1. The van der Waals surface area contributed by atoms with Crippen molar-refractivity contribution in [1.29, 1.82) is 0 Å². The molecule has 0 atom stereocenters. The van der Waals surface area contributed by atoms with E-state index in [1.807, 2.05) is 0 Å². The molecule has 6 heteroatoms. The summed E-state index contributed by atoms with van der Waals surface area (Å²) in [5.41, 5.74) is -0.306. The van der Waals surface area contributed by atoms with E-state index in [4.69, 9.17) is 0 Å². The summed E-state index contributed by atoms with van der Waals surface area (Å²) in [6.45, 7) is 11.0. The molecule has 6 nitrogen and oxygen atoms in total. The smallest absolute Gasteiger partial charge is 0.247 e. The first-order chi connectivity index (χ1) is 10.8. The van der Waals surface area contributed by atoms with Gasteiger partial charge in [0.05, 0.1) is 18.8 Å². The molecule has 1 aromatic carbocycles. The van der Waals surface area contributed by atoms with E-state index in [1.165, 1.54) is 0 Å². The van der Waals surface area contributed by atoms with Crippen LogP contribution in [0.1, 0.15) is 13.8 Å². The molecule has 0 bridgehead atoms. The number of nitrogens with zero attached hydrogens (tertiary/aromatic N) is 3. The van der Waals surface area contributed by atoms with E-state index in [-0.39, 0.29) is 13.1 Å². The zero-order valence-electron chi connectivity index (χ0n) is 13.3. The first kappa shape index (κ1) is 16.5. The molecule has 0 radical (unpaired) electrons. The van der Waals surface area contributed by atoms with Crippen molar-refractivity contribution in [3.8, 4) is 5.69 Å². The summed E-state index contributed by atoms with van der Waals surface area (Å²) in [6, 6.07) is 8.51. The van der Waals surface area contributed by atoms with E-state index >= 15 is 0 Å². The maximum atomic E-state index is 12.6. The molecule has 1 aromatic heterocycles. The SMILES string of the molecule is C=C(C)Cn1c(=O)n(CC(=C)C)c(=O)n(-c2ccccc2)c1=O. The highest BCUT2D eigenvalue weighted by Gasteiger charge is 2.16. The summed E-state index contributed by atoms with van der Waals surface area (Å²) < 4.78 is 3.02. The van der Waals surface area contributed by atoms with Gasteiger partial charge in [-0.1, -0.05) is 42.5 Å². The molecule has 0 amide bonds. The quantitative estimate of drug-likeness (QED) is 0.782. The topological polar surface area (TPSA) is 66.0 Å². The van der Waals surface area contributed by atoms with Crippen LogP contribution in [0.5, 0.6) is 0 Å². The minimum atomic E-state index is -0.674. The lowest BCUT2D eigenvalue weighted by atomic mass is 10.3. The molecule has 23 heavy (non-hydrogen) atoms. The average Bonchev–Trinajstić information content (AvgIpc) is 2.49. The van der Waals surface area contributed by atoms with Crippen LogP contribution in [0.2, 0.25) is 0 Å². The van der Waals surface area contributed by atoms with Crippen molar-refractivity contribution in [3.05, 3.63) is 86.1 Å². The molecule has 0 aliphatic heterocycles. The molecule has 1 heterocycles. The Morgan fingerprint density at radius 3 is 1.65 bits per heavy atom. The molecule has 0 N–H and O–H groups in total. The Morgan fingerprint density at radius 1 is 0.826 bits per heavy atom. The van der Waals surface area contributed by atoms with Crippen LogP contribution in [0.15, 0.2) is 69.0 Å². The lowest BCUT2D eigenvalue weighted by Gasteiger charge is -2.14. The maximum Gasteiger partial charge on any atom is 0.341 e. The molecule has 0 fully saturated rings. The van der Waals surface area contributed by atoms with Gasteiger partial charge in [-0.05, 0) is 26.0 Å². The van der Waals surface area contributed by atoms with Gasteiger partial charge in [0.15, 0.2) is 0 Å². The summed E-state index contributed by atoms with van der Waals surface area (Å²) in [6.07, 6.45) is 0. The van der Waals surface area contributed by atoms with Crippen LogP contribution in [0, 0.1) is 0 Å². The first-order valence-corrected chi connectivity index (χ1v) is 7.13. The maximum absolute atomic E-state index is 12.6. The van der Waals surface area contributed by atoms with Crippen molar-refractivity contribution in [2.45, 2.75) is 26.9 Å². The van der Waals surface area contributed by atoms with Crippen LogP contribution in [-0.4, -0.2) is 13.7 Å². The van der Waals surface area contributed by atoms with E-state index in [9.17, 15) is 14.4 Å². The fraction of sp³-hybridized carbons (Fsp3) is 0.235. The van der Waals surface area contributed by atoms with Gasteiger partial charge in [0.2, 0.25) is 0 Å². The number of aromatic nitrogens is 3. The highest BCUT2D eigenvalue weighted by atomic mass is 16.2.